The molecule has 1 nitrogen and oxygen atoms in total. The highest BCUT2D eigenvalue weighted by atomic mass is 16.1. The van der Waals surface area contributed by atoms with Crippen LogP contribution < -0.4 is 0 Å². The van der Waals surface area contributed by atoms with Crippen molar-refractivity contribution in [1.82, 2.24) is 0 Å². The van der Waals surface area contributed by atoms with Crippen LogP contribution in [0.1, 0.15) is 32.6 Å². The van der Waals surface area contributed by atoms with Gasteiger partial charge in [-0.1, -0.05) is 19.8 Å². The lowest BCUT2D eigenvalue weighted by molar-refractivity contribution is -0.112. The third-order valence-electron chi connectivity index (χ3n) is 2.17. The molecule has 0 heterocycles. The molecule has 9 heavy (non-hydrogen) atoms. The van der Waals surface area contributed by atoms with E-state index in [1.165, 1.54) is 12.8 Å². The summed E-state index contributed by atoms with van der Waals surface area (Å²) in [4.78, 5) is 10.3. The van der Waals surface area contributed by atoms with Crippen LogP contribution in [0.2, 0.25) is 0 Å². The maximum Gasteiger partial charge on any atom is 0.123 e. The molecule has 1 heteroatoms. The minimum absolute atomic E-state index is 0.383. The van der Waals surface area contributed by atoms with E-state index in [2.05, 4.69) is 6.92 Å². The van der Waals surface area contributed by atoms with Crippen molar-refractivity contribution in [3.8, 4) is 0 Å². The van der Waals surface area contributed by atoms with Gasteiger partial charge in [-0.2, -0.15) is 0 Å². The maximum absolute atomic E-state index is 10.3. The van der Waals surface area contributed by atoms with Crippen LogP contribution in [-0.2, 0) is 4.79 Å². The lowest BCUT2D eigenvalue weighted by atomic mass is 9.83. The molecule has 0 N–H and O–H groups in total. The van der Waals surface area contributed by atoms with E-state index in [-0.39, 0.29) is 0 Å². The van der Waals surface area contributed by atoms with Crippen LogP contribution in [0.3, 0.4) is 0 Å². The molecule has 0 aromatic carbocycles. The van der Waals surface area contributed by atoms with Gasteiger partial charge >= 0.3 is 0 Å². The second-order valence-corrected chi connectivity index (χ2v) is 3.17. The molecule has 1 unspecified atom stereocenters. The fourth-order valence-electron chi connectivity index (χ4n) is 1.60. The van der Waals surface area contributed by atoms with Gasteiger partial charge in [-0.3, -0.25) is 0 Å². The summed E-state index contributed by atoms with van der Waals surface area (Å²) < 4.78 is 0. The van der Waals surface area contributed by atoms with Crippen LogP contribution in [0.5, 0.6) is 0 Å². The molecule has 1 rings (SSSR count). The SMILES string of the molecule is CC1CCC[C@H](C=O)C1. The van der Waals surface area contributed by atoms with Crippen molar-refractivity contribution in [2.45, 2.75) is 32.6 Å². The predicted molar refractivity (Wildman–Crippen MR) is 37.2 cm³/mol. The molecule has 1 aliphatic carbocycles. The van der Waals surface area contributed by atoms with Gasteiger partial charge in [0.1, 0.15) is 6.29 Å². The van der Waals surface area contributed by atoms with E-state index in [1.807, 2.05) is 0 Å². The summed E-state index contributed by atoms with van der Waals surface area (Å²) in [7, 11) is 0. The Bertz CT molecular complexity index is 98.7. The maximum atomic E-state index is 10.3. The third-order valence-corrected chi connectivity index (χ3v) is 2.17. The van der Waals surface area contributed by atoms with Gasteiger partial charge in [-0.05, 0) is 18.8 Å². The Morgan fingerprint density at radius 3 is 2.67 bits per heavy atom. The van der Waals surface area contributed by atoms with E-state index in [9.17, 15) is 4.79 Å². The molecule has 0 spiro atoms. The van der Waals surface area contributed by atoms with E-state index in [1.54, 1.807) is 0 Å². The molecule has 0 aromatic rings. The predicted octanol–water partition coefficient (Wildman–Crippen LogP) is 2.01. The molecule has 52 valence electrons. The molecule has 0 bridgehead atoms. The molecule has 0 saturated heterocycles. The monoisotopic (exact) mass is 126 g/mol. The van der Waals surface area contributed by atoms with Gasteiger partial charge in [0.2, 0.25) is 0 Å². The van der Waals surface area contributed by atoms with Gasteiger partial charge in [0.25, 0.3) is 0 Å². The van der Waals surface area contributed by atoms with Crippen molar-refractivity contribution in [2.75, 3.05) is 0 Å². The fraction of sp³-hybridized carbons (Fsp3) is 0.875. The molecular formula is C8H14O. The van der Waals surface area contributed by atoms with Gasteiger partial charge < -0.3 is 4.79 Å². The van der Waals surface area contributed by atoms with Crippen LogP contribution in [0.4, 0.5) is 0 Å². The van der Waals surface area contributed by atoms with E-state index in [4.69, 9.17) is 0 Å². The first-order valence-electron chi connectivity index (χ1n) is 3.78. The van der Waals surface area contributed by atoms with E-state index in [0.29, 0.717) is 5.92 Å². The zero-order chi connectivity index (χ0) is 6.69. The van der Waals surface area contributed by atoms with Crippen molar-refractivity contribution in [3.05, 3.63) is 0 Å². The van der Waals surface area contributed by atoms with Crippen LogP contribution in [0.15, 0.2) is 0 Å². The van der Waals surface area contributed by atoms with Crippen molar-refractivity contribution in [2.24, 2.45) is 11.8 Å². The summed E-state index contributed by atoms with van der Waals surface area (Å²) in [5, 5.41) is 0. The molecule has 0 amide bonds. The van der Waals surface area contributed by atoms with Crippen LogP contribution in [0.25, 0.3) is 0 Å². The van der Waals surface area contributed by atoms with Crippen LogP contribution >= 0.6 is 0 Å². The molecule has 2 atom stereocenters. The molecule has 0 radical (unpaired) electrons. The number of aldehydes is 1. The summed E-state index contributed by atoms with van der Waals surface area (Å²) in [6, 6.07) is 0. The topological polar surface area (TPSA) is 17.1 Å². The van der Waals surface area contributed by atoms with Crippen LogP contribution in [0, 0.1) is 11.8 Å². The third kappa shape index (κ3) is 1.81. The lowest BCUT2D eigenvalue weighted by Gasteiger charge is -2.21. The second-order valence-electron chi connectivity index (χ2n) is 3.17. The summed E-state index contributed by atoms with van der Waals surface area (Å²) in [5.74, 6) is 1.17. The van der Waals surface area contributed by atoms with Gasteiger partial charge in [0, 0.05) is 5.92 Å². The number of hydrogen-bond acceptors (Lipinski definition) is 1. The van der Waals surface area contributed by atoms with Crippen molar-refractivity contribution < 1.29 is 4.79 Å². The fourth-order valence-corrected chi connectivity index (χ4v) is 1.60. The number of carbonyl (C=O) groups is 1. The molecule has 0 aliphatic heterocycles. The summed E-state index contributed by atoms with van der Waals surface area (Å²) in [6.07, 6.45) is 5.96. The van der Waals surface area contributed by atoms with Gasteiger partial charge in [0.15, 0.2) is 0 Å². The second kappa shape index (κ2) is 3.00. The number of carbonyl (C=O) groups excluding carboxylic acids is 1. The van der Waals surface area contributed by atoms with Crippen molar-refractivity contribution >= 4 is 6.29 Å². The average molecular weight is 126 g/mol. The quantitative estimate of drug-likeness (QED) is 0.491. The summed E-state index contributed by atoms with van der Waals surface area (Å²) in [6.45, 7) is 2.23. The lowest BCUT2D eigenvalue weighted by Crippen LogP contribution is -2.13. The summed E-state index contributed by atoms with van der Waals surface area (Å²) >= 11 is 0. The molecular weight excluding hydrogens is 112 g/mol. The Balaban J connectivity index is 2.31. The smallest absolute Gasteiger partial charge is 0.123 e. The molecule has 1 aliphatic rings. The standard InChI is InChI=1S/C8H14O/c1-7-3-2-4-8(5-7)6-9/h6-8H,2-5H2,1H3/t7?,8-/m0/s1. The van der Waals surface area contributed by atoms with Crippen LogP contribution in [-0.4, -0.2) is 6.29 Å². The van der Waals surface area contributed by atoms with Crippen molar-refractivity contribution in [3.63, 3.8) is 0 Å². The first-order valence-corrected chi connectivity index (χ1v) is 3.78. The Morgan fingerprint density at radius 1 is 1.44 bits per heavy atom. The number of hydrogen-bond donors (Lipinski definition) is 0. The van der Waals surface area contributed by atoms with Crippen molar-refractivity contribution in [1.29, 1.82) is 0 Å². The molecule has 0 aromatic heterocycles. The molecule has 1 fully saturated rings. The van der Waals surface area contributed by atoms with E-state index < -0.39 is 0 Å². The normalized spacial score (nSPS) is 36.1. The first-order chi connectivity index (χ1) is 4.33. The van der Waals surface area contributed by atoms with Gasteiger partial charge in [-0.15, -0.1) is 0 Å². The van der Waals surface area contributed by atoms with Gasteiger partial charge in [0.05, 0.1) is 0 Å². The van der Waals surface area contributed by atoms with E-state index in [0.717, 1.165) is 25.0 Å². The zero-order valence-corrected chi connectivity index (χ0v) is 5.97. The first kappa shape index (κ1) is 6.79. The minimum atomic E-state index is 0.383. The Labute approximate surface area is 56.4 Å². The summed E-state index contributed by atoms with van der Waals surface area (Å²) in [5.41, 5.74) is 0. The Hall–Kier alpha value is -0.330. The zero-order valence-electron chi connectivity index (χ0n) is 5.97. The van der Waals surface area contributed by atoms with E-state index >= 15 is 0 Å². The number of rotatable bonds is 1. The Kier molecular flexibility index (Phi) is 2.26. The highest BCUT2D eigenvalue weighted by Crippen LogP contribution is 2.26. The highest BCUT2D eigenvalue weighted by Gasteiger charge is 2.17. The molecule has 1 saturated carbocycles. The average Bonchev–Trinajstić information content (AvgIpc) is 1.88. The minimum Gasteiger partial charge on any atom is -0.303 e. The Morgan fingerprint density at radius 2 is 2.22 bits per heavy atom. The largest absolute Gasteiger partial charge is 0.303 e. The van der Waals surface area contributed by atoms with Gasteiger partial charge in [-0.25, -0.2) is 0 Å². The highest BCUT2D eigenvalue weighted by molar-refractivity contribution is 5.53.